The molecule has 0 aromatic heterocycles. The molecule has 1 unspecified atom stereocenters. The molecule has 0 aliphatic carbocycles. The molecule has 0 spiro atoms. The van der Waals surface area contributed by atoms with Crippen LogP contribution in [0.1, 0.15) is 12.8 Å². The second kappa shape index (κ2) is 4.70. The Morgan fingerprint density at radius 2 is 2.18 bits per heavy atom. The van der Waals surface area contributed by atoms with Crippen LogP contribution in [0.25, 0.3) is 0 Å². The number of aliphatic hydroxyl groups excluding tert-OH is 1. The maximum Gasteiger partial charge on any atom is 0.0587 e. The van der Waals surface area contributed by atoms with Crippen LogP contribution in [0, 0.1) is 5.92 Å². The normalized spacial score (nSPS) is 23.5. The summed E-state index contributed by atoms with van der Waals surface area (Å²) in [6, 6.07) is 0.303. The zero-order valence-corrected chi connectivity index (χ0v) is 7.14. The molecule has 1 heterocycles. The zero-order valence-electron chi connectivity index (χ0n) is 7.14. The smallest absolute Gasteiger partial charge is 0.0587 e. The van der Waals surface area contributed by atoms with Gasteiger partial charge in [-0.2, -0.15) is 0 Å². The van der Waals surface area contributed by atoms with E-state index in [1.54, 1.807) is 0 Å². The lowest BCUT2D eigenvalue weighted by atomic mass is 9.91. The average molecular weight is 158 g/mol. The lowest BCUT2D eigenvalue weighted by Crippen LogP contribution is -2.42. The van der Waals surface area contributed by atoms with Gasteiger partial charge in [0.05, 0.1) is 6.61 Å². The first-order chi connectivity index (χ1) is 5.38. The number of hydrogen-bond donors (Lipinski definition) is 3. The van der Waals surface area contributed by atoms with Gasteiger partial charge in [0.1, 0.15) is 0 Å². The Hall–Kier alpha value is -0.120. The zero-order chi connectivity index (χ0) is 8.10. The van der Waals surface area contributed by atoms with Crippen LogP contribution in [0.3, 0.4) is 0 Å². The lowest BCUT2D eigenvalue weighted by molar-refractivity contribution is 0.182. The van der Waals surface area contributed by atoms with Crippen LogP contribution < -0.4 is 10.6 Å². The highest BCUT2D eigenvalue weighted by atomic mass is 16.3. The molecule has 1 fully saturated rings. The highest BCUT2D eigenvalue weighted by molar-refractivity contribution is 4.78. The second-order valence-corrected chi connectivity index (χ2v) is 3.17. The molecular weight excluding hydrogens is 140 g/mol. The molecule has 1 saturated heterocycles. The average Bonchev–Trinajstić information content (AvgIpc) is 2.09. The summed E-state index contributed by atoms with van der Waals surface area (Å²) in [5.74, 6) is 0.659. The number of nitrogens with one attached hydrogen (secondary N) is 2. The molecule has 1 aliphatic rings. The van der Waals surface area contributed by atoms with E-state index in [9.17, 15) is 0 Å². The van der Waals surface area contributed by atoms with E-state index in [1.807, 2.05) is 7.05 Å². The van der Waals surface area contributed by atoms with E-state index in [1.165, 1.54) is 12.8 Å². The molecular formula is C8H18N2O. The van der Waals surface area contributed by atoms with Gasteiger partial charge in [0, 0.05) is 6.04 Å². The van der Waals surface area contributed by atoms with Crippen LogP contribution in [0.4, 0.5) is 0 Å². The van der Waals surface area contributed by atoms with E-state index in [2.05, 4.69) is 10.6 Å². The monoisotopic (exact) mass is 158 g/mol. The molecule has 0 saturated carbocycles. The fraction of sp³-hybridized carbons (Fsp3) is 1.00. The van der Waals surface area contributed by atoms with Gasteiger partial charge in [-0.25, -0.2) is 0 Å². The Kier molecular flexibility index (Phi) is 3.83. The Morgan fingerprint density at radius 1 is 1.55 bits per heavy atom. The van der Waals surface area contributed by atoms with Gasteiger partial charge in [-0.05, 0) is 38.9 Å². The fourth-order valence-electron chi connectivity index (χ4n) is 1.72. The minimum Gasteiger partial charge on any atom is -0.395 e. The van der Waals surface area contributed by atoms with Crippen LogP contribution in [-0.2, 0) is 0 Å². The highest BCUT2D eigenvalue weighted by Crippen LogP contribution is 2.15. The molecule has 1 aliphatic heterocycles. The number of rotatable bonds is 3. The molecule has 0 aromatic rings. The minimum atomic E-state index is 0.265. The van der Waals surface area contributed by atoms with Gasteiger partial charge in [0.25, 0.3) is 0 Å². The Balaban J connectivity index is 2.30. The van der Waals surface area contributed by atoms with E-state index < -0.39 is 0 Å². The van der Waals surface area contributed by atoms with Gasteiger partial charge in [-0.1, -0.05) is 0 Å². The minimum absolute atomic E-state index is 0.265. The van der Waals surface area contributed by atoms with Crippen LogP contribution in [0.2, 0.25) is 0 Å². The Labute approximate surface area is 68.2 Å². The molecule has 0 bridgehead atoms. The summed E-state index contributed by atoms with van der Waals surface area (Å²) in [4.78, 5) is 0. The Morgan fingerprint density at radius 3 is 2.64 bits per heavy atom. The summed E-state index contributed by atoms with van der Waals surface area (Å²) >= 11 is 0. The van der Waals surface area contributed by atoms with Crippen LogP contribution >= 0.6 is 0 Å². The van der Waals surface area contributed by atoms with Gasteiger partial charge in [-0.3, -0.25) is 0 Å². The standard InChI is InChI=1S/C8H18N2O/c1-9-8(6-11)7-2-4-10-5-3-7/h7-11H,2-6H2,1H3. The molecule has 3 nitrogen and oxygen atoms in total. The predicted molar refractivity (Wildman–Crippen MR) is 45.5 cm³/mol. The third-order valence-corrected chi connectivity index (χ3v) is 2.52. The van der Waals surface area contributed by atoms with Crippen molar-refractivity contribution in [2.24, 2.45) is 5.92 Å². The SMILES string of the molecule is CNC(CO)C1CCNCC1. The maximum absolute atomic E-state index is 9.00. The first kappa shape index (κ1) is 8.97. The molecule has 1 rings (SSSR count). The van der Waals surface area contributed by atoms with Crippen molar-refractivity contribution < 1.29 is 5.11 Å². The van der Waals surface area contributed by atoms with E-state index in [-0.39, 0.29) is 6.61 Å². The molecule has 66 valence electrons. The van der Waals surface area contributed by atoms with Gasteiger partial charge in [0.2, 0.25) is 0 Å². The van der Waals surface area contributed by atoms with Crippen molar-refractivity contribution in [3.63, 3.8) is 0 Å². The van der Waals surface area contributed by atoms with Crippen molar-refractivity contribution in [2.45, 2.75) is 18.9 Å². The lowest BCUT2D eigenvalue weighted by Gasteiger charge is -2.29. The van der Waals surface area contributed by atoms with Crippen molar-refractivity contribution in [3.8, 4) is 0 Å². The van der Waals surface area contributed by atoms with Crippen molar-refractivity contribution >= 4 is 0 Å². The first-order valence-electron chi connectivity index (χ1n) is 4.37. The fourth-order valence-corrected chi connectivity index (χ4v) is 1.72. The van der Waals surface area contributed by atoms with Gasteiger partial charge in [-0.15, -0.1) is 0 Å². The quantitative estimate of drug-likeness (QED) is 0.522. The number of hydrogen-bond acceptors (Lipinski definition) is 3. The van der Waals surface area contributed by atoms with E-state index in [0.717, 1.165) is 13.1 Å². The summed E-state index contributed by atoms with van der Waals surface area (Å²) in [6.45, 7) is 2.47. The number of likely N-dealkylation sites (N-methyl/N-ethyl adjacent to an activating group) is 1. The van der Waals surface area contributed by atoms with E-state index in [0.29, 0.717) is 12.0 Å². The van der Waals surface area contributed by atoms with Gasteiger partial charge >= 0.3 is 0 Å². The van der Waals surface area contributed by atoms with Crippen molar-refractivity contribution in [1.82, 2.24) is 10.6 Å². The number of aliphatic hydroxyl groups is 1. The van der Waals surface area contributed by atoms with Crippen LogP contribution in [0.5, 0.6) is 0 Å². The van der Waals surface area contributed by atoms with Crippen molar-refractivity contribution in [1.29, 1.82) is 0 Å². The molecule has 0 amide bonds. The molecule has 0 radical (unpaired) electrons. The third kappa shape index (κ3) is 2.43. The summed E-state index contributed by atoms with van der Waals surface area (Å²) < 4.78 is 0. The molecule has 11 heavy (non-hydrogen) atoms. The Bertz CT molecular complexity index is 98.3. The summed E-state index contributed by atoms with van der Waals surface area (Å²) in [5, 5.41) is 15.4. The van der Waals surface area contributed by atoms with Gasteiger partial charge in [0.15, 0.2) is 0 Å². The molecule has 3 heteroatoms. The van der Waals surface area contributed by atoms with Crippen LogP contribution in [0.15, 0.2) is 0 Å². The van der Waals surface area contributed by atoms with Crippen molar-refractivity contribution in [3.05, 3.63) is 0 Å². The second-order valence-electron chi connectivity index (χ2n) is 3.17. The topological polar surface area (TPSA) is 44.3 Å². The third-order valence-electron chi connectivity index (χ3n) is 2.52. The summed E-state index contributed by atoms with van der Waals surface area (Å²) in [5.41, 5.74) is 0. The maximum atomic E-state index is 9.00. The number of piperidine rings is 1. The summed E-state index contributed by atoms with van der Waals surface area (Å²) in [6.07, 6.45) is 2.37. The van der Waals surface area contributed by atoms with Gasteiger partial charge < -0.3 is 15.7 Å². The molecule has 3 N–H and O–H groups in total. The summed E-state index contributed by atoms with van der Waals surface area (Å²) in [7, 11) is 1.92. The first-order valence-corrected chi connectivity index (χ1v) is 4.37. The molecule has 1 atom stereocenters. The van der Waals surface area contributed by atoms with E-state index in [4.69, 9.17) is 5.11 Å². The predicted octanol–water partition coefficient (Wildman–Crippen LogP) is -0.434. The van der Waals surface area contributed by atoms with Crippen LogP contribution in [-0.4, -0.2) is 37.9 Å². The largest absolute Gasteiger partial charge is 0.395 e. The van der Waals surface area contributed by atoms with Crippen molar-refractivity contribution in [2.75, 3.05) is 26.7 Å². The van der Waals surface area contributed by atoms with E-state index >= 15 is 0 Å². The molecule has 0 aromatic carbocycles. The highest BCUT2D eigenvalue weighted by Gasteiger charge is 2.20.